The van der Waals surface area contributed by atoms with Crippen molar-refractivity contribution < 1.29 is 19.3 Å². The standard InChI is InChI=1S/C12H16N2O5/c1-13(18-2)12(15)8-5-9-19-11-7-4-3-6-10(11)14(16)17/h3-4,6-7H,5,8-9H2,1-2H3. The lowest BCUT2D eigenvalue weighted by Crippen LogP contribution is -2.25. The number of carbonyl (C=O) groups excluding carboxylic acids is 1. The molecule has 0 heterocycles. The van der Waals surface area contributed by atoms with Crippen molar-refractivity contribution in [2.75, 3.05) is 20.8 Å². The van der Waals surface area contributed by atoms with E-state index in [0.717, 1.165) is 5.06 Å². The molecule has 0 atom stereocenters. The van der Waals surface area contributed by atoms with E-state index in [1.807, 2.05) is 0 Å². The third kappa shape index (κ3) is 4.55. The Bertz CT molecular complexity index is 450. The van der Waals surface area contributed by atoms with E-state index in [4.69, 9.17) is 9.57 Å². The van der Waals surface area contributed by atoms with Gasteiger partial charge in [-0.1, -0.05) is 12.1 Å². The summed E-state index contributed by atoms with van der Waals surface area (Å²) in [6, 6.07) is 6.13. The van der Waals surface area contributed by atoms with Crippen LogP contribution in [0.15, 0.2) is 24.3 Å². The molecule has 7 heteroatoms. The van der Waals surface area contributed by atoms with Crippen molar-refractivity contribution in [1.82, 2.24) is 5.06 Å². The summed E-state index contributed by atoms with van der Waals surface area (Å²) in [4.78, 5) is 26.4. The van der Waals surface area contributed by atoms with Gasteiger partial charge in [0.15, 0.2) is 5.75 Å². The highest BCUT2D eigenvalue weighted by atomic mass is 16.7. The van der Waals surface area contributed by atoms with Gasteiger partial charge in [-0.15, -0.1) is 0 Å². The zero-order chi connectivity index (χ0) is 14.3. The minimum Gasteiger partial charge on any atom is -0.487 e. The Kier molecular flexibility index (Phi) is 5.74. The maximum atomic E-state index is 11.4. The summed E-state index contributed by atoms with van der Waals surface area (Å²) in [6.45, 7) is 0.230. The molecule has 7 nitrogen and oxygen atoms in total. The van der Waals surface area contributed by atoms with Crippen LogP contribution in [0, 0.1) is 10.1 Å². The Hall–Kier alpha value is -2.15. The quantitative estimate of drug-likeness (QED) is 0.427. The molecule has 0 radical (unpaired) electrons. The van der Waals surface area contributed by atoms with Crippen LogP contribution in [0.25, 0.3) is 0 Å². The Morgan fingerprint density at radius 3 is 2.74 bits per heavy atom. The summed E-state index contributed by atoms with van der Waals surface area (Å²) in [5, 5.41) is 11.9. The summed E-state index contributed by atoms with van der Waals surface area (Å²) in [5.74, 6) is 0.0358. The average Bonchev–Trinajstić information content (AvgIpc) is 2.42. The topological polar surface area (TPSA) is 81.9 Å². The first-order valence-electron chi connectivity index (χ1n) is 5.73. The number of hydrogen-bond acceptors (Lipinski definition) is 5. The Labute approximate surface area is 110 Å². The van der Waals surface area contributed by atoms with Gasteiger partial charge in [0.2, 0.25) is 5.91 Å². The smallest absolute Gasteiger partial charge is 0.310 e. The monoisotopic (exact) mass is 268 g/mol. The van der Waals surface area contributed by atoms with Crippen LogP contribution < -0.4 is 4.74 Å². The van der Waals surface area contributed by atoms with Crippen LogP contribution in [0.1, 0.15) is 12.8 Å². The molecule has 0 aliphatic carbocycles. The normalized spacial score (nSPS) is 10.0. The lowest BCUT2D eigenvalue weighted by Gasteiger charge is -2.13. The van der Waals surface area contributed by atoms with E-state index in [9.17, 15) is 14.9 Å². The summed E-state index contributed by atoms with van der Waals surface area (Å²) in [5.41, 5.74) is -0.0807. The second-order valence-corrected chi connectivity index (χ2v) is 3.75. The number of hydroxylamine groups is 2. The van der Waals surface area contributed by atoms with Crippen molar-refractivity contribution >= 4 is 11.6 Å². The fourth-order valence-electron chi connectivity index (χ4n) is 1.39. The van der Waals surface area contributed by atoms with Gasteiger partial charge in [-0.25, -0.2) is 5.06 Å². The summed E-state index contributed by atoms with van der Waals surface area (Å²) >= 11 is 0. The molecule has 1 amide bonds. The lowest BCUT2D eigenvalue weighted by molar-refractivity contribution is -0.385. The zero-order valence-electron chi connectivity index (χ0n) is 10.9. The molecule has 1 aromatic rings. The largest absolute Gasteiger partial charge is 0.487 e. The van der Waals surface area contributed by atoms with Crippen LogP contribution in [0.2, 0.25) is 0 Å². The third-order valence-electron chi connectivity index (χ3n) is 2.48. The van der Waals surface area contributed by atoms with Gasteiger partial charge in [-0.3, -0.25) is 19.7 Å². The van der Waals surface area contributed by atoms with E-state index < -0.39 is 4.92 Å². The molecule has 0 spiro atoms. The summed E-state index contributed by atoms with van der Waals surface area (Å²) in [7, 11) is 2.92. The van der Waals surface area contributed by atoms with E-state index in [0.29, 0.717) is 6.42 Å². The summed E-state index contributed by atoms with van der Waals surface area (Å²) in [6.07, 6.45) is 0.712. The molecule has 0 aromatic heterocycles. The number of nitro benzene ring substituents is 1. The van der Waals surface area contributed by atoms with Gasteiger partial charge in [0.05, 0.1) is 18.6 Å². The first kappa shape index (κ1) is 14.9. The van der Waals surface area contributed by atoms with E-state index in [2.05, 4.69) is 0 Å². The van der Waals surface area contributed by atoms with Gasteiger partial charge >= 0.3 is 5.69 Å². The number of para-hydroxylation sites is 2. The molecule has 1 rings (SSSR count). The molecule has 0 bridgehead atoms. The van der Waals surface area contributed by atoms with Crippen molar-refractivity contribution in [1.29, 1.82) is 0 Å². The minimum atomic E-state index is -0.501. The molecular weight excluding hydrogens is 252 g/mol. The Morgan fingerprint density at radius 2 is 2.11 bits per heavy atom. The van der Waals surface area contributed by atoms with Crippen LogP contribution >= 0.6 is 0 Å². The highest BCUT2D eigenvalue weighted by molar-refractivity contribution is 5.74. The van der Waals surface area contributed by atoms with Gasteiger partial charge in [0.1, 0.15) is 0 Å². The molecule has 0 N–H and O–H groups in total. The van der Waals surface area contributed by atoms with Crippen LogP contribution in [-0.4, -0.2) is 36.7 Å². The van der Waals surface area contributed by atoms with Gasteiger partial charge in [-0.05, 0) is 12.5 Å². The number of amides is 1. The average molecular weight is 268 g/mol. The van der Waals surface area contributed by atoms with Crippen LogP contribution in [0.4, 0.5) is 5.69 Å². The van der Waals surface area contributed by atoms with Crippen molar-refractivity contribution in [2.45, 2.75) is 12.8 Å². The fraction of sp³-hybridized carbons (Fsp3) is 0.417. The van der Waals surface area contributed by atoms with Gasteiger partial charge < -0.3 is 4.74 Å². The predicted octanol–water partition coefficient (Wildman–Crippen LogP) is 1.77. The Morgan fingerprint density at radius 1 is 1.42 bits per heavy atom. The van der Waals surface area contributed by atoms with Crippen molar-refractivity contribution in [3.63, 3.8) is 0 Å². The second kappa shape index (κ2) is 7.32. The molecule has 104 valence electrons. The molecule has 0 saturated carbocycles. The zero-order valence-corrected chi connectivity index (χ0v) is 10.9. The van der Waals surface area contributed by atoms with Crippen molar-refractivity contribution in [3.05, 3.63) is 34.4 Å². The van der Waals surface area contributed by atoms with Gasteiger partial charge in [0.25, 0.3) is 0 Å². The first-order chi connectivity index (χ1) is 9.06. The maximum absolute atomic E-state index is 11.4. The number of ether oxygens (including phenoxy) is 1. The van der Waals surface area contributed by atoms with Gasteiger partial charge in [-0.2, -0.15) is 0 Å². The number of hydrogen-bond donors (Lipinski definition) is 0. The van der Waals surface area contributed by atoms with E-state index in [-0.39, 0.29) is 30.4 Å². The molecular formula is C12H16N2O5. The molecule has 0 aliphatic heterocycles. The van der Waals surface area contributed by atoms with Crippen molar-refractivity contribution in [2.24, 2.45) is 0 Å². The third-order valence-corrected chi connectivity index (χ3v) is 2.48. The second-order valence-electron chi connectivity index (χ2n) is 3.75. The van der Waals surface area contributed by atoms with E-state index in [1.54, 1.807) is 12.1 Å². The molecule has 19 heavy (non-hydrogen) atoms. The Balaban J connectivity index is 2.42. The molecule has 1 aromatic carbocycles. The number of rotatable bonds is 7. The van der Waals surface area contributed by atoms with Crippen LogP contribution in [0.3, 0.4) is 0 Å². The lowest BCUT2D eigenvalue weighted by atomic mass is 10.3. The fourth-order valence-corrected chi connectivity index (χ4v) is 1.39. The number of benzene rings is 1. The SMILES string of the molecule is CON(C)C(=O)CCCOc1ccccc1[N+](=O)[O-]. The first-order valence-corrected chi connectivity index (χ1v) is 5.73. The number of nitro groups is 1. The molecule has 0 aliphatic rings. The highest BCUT2D eigenvalue weighted by Crippen LogP contribution is 2.25. The summed E-state index contributed by atoms with van der Waals surface area (Å²) < 4.78 is 5.31. The molecule has 0 fully saturated rings. The maximum Gasteiger partial charge on any atom is 0.310 e. The number of carbonyl (C=O) groups is 1. The molecule has 0 saturated heterocycles. The van der Waals surface area contributed by atoms with Crippen LogP contribution in [0.5, 0.6) is 5.75 Å². The minimum absolute atomic E-state index is 0.0807. The van der Waals surface area contributed by atoms with E-state index in [1.165, 1.54) is 26.3 Å². The number of nitrogens with zero attached hydrogens (tertiary/aromatic N) is 2. The van der Waals surface area contributed by atoms with Crippen molar-refractivity contribution in [3.8, 4) is 5.75 Å². The highest BCUT2D eigenvalue weighted by Gasteiger charge is 2.13. The van der Waals surface area contributed by atoms with Gasteiger partial charge in [0, 0.05) is 19.5 Å². The predicted molar refractivity (Wildman–Crippen MR) is 67.6 cm³/mol. The molecule has 0 unspecified atom stereocenters. The van der Waals surface area contributed by atoms with E-state index >= 15 is 0 Å². The van der Waals surface area contributed by atoms with Crippen LogP contribution in [-0.2, 0) is 9.63 Å².